The molecule has 0 aliphatic heterocycles. The molecule has 0 saturated heterocycles. The highest BCUT2D eigenvalue weighted by Crippen LogP contribution is 2.29. The lowest BCUT2D eigenvalue weighted by atomic mass is 10.2. The summed E-state index contributed by atoms with van der Waals surface area (Å²) in [5.74, 6) is 0.518. The first-order chi connectivity index (χ1) is 12.9. The average Bonchev–Trinajstić information content (AvgIpc) is 3.05. The molecule has 0 aliphatic carbocycles. The summed E-state index contributed by atoms with van der Waals surface area (Å²) >= 11 is 0. The fourth-order valence-corrected chi connectivity index (χ4v) is 2.64. The first kappa shape index (κ1) is 18.7. The smallest absolute Gasteiger partial charge is 0.226 e. The van der Waals surface area contributed by atoms with Crippen molar-refractivity contribution in [1.82, 2.24) is 19.5 Å². The van der Waals surface area contributed by atoms with Gasteiger partial charge in [0.2, 0.25) is 5.95 Å². The standard InChI is InChI=1S/C18H24N6O3/c1-10(2)24-9-21-14-16(19-8-12-5-4-6-13(26)15(12)27)22-18(23-17(14)24)20-7-11(3)25/h4-6,9-11,25-27H,7-8H2,1-3H3,(H2,19,20,22,23). The number of hydrogen-bond acceptors (Lipinski definition) is 8. The normalized spacial score (nSPS) is 12.5. The van der Waals surface area contributed by atoms with E-state index in [4.69, 9.17) is 0 Å². The van der Waals surface area contributed by atoms with Crippen LogP contribution >= 0.6 is 0 Å². The maximum absolute atomic E-state index is 9.98. The number of para-hydroxylation sites is 1. The van der Waals surface area contributed by atoms with Gasteiger partial charge in [0.25, 0.3) is 0 Å². The summed E-state index contributed by atoms with van der Waals surface area (Å²) in [5.41, 5.74) is 1.80. The van der Waals surface area contributed by atoms with Crippen LogP contribution in [0, 0.1) is 0 Å². The van der Waals surface area contributed by atoms with E-state index >= 15 is 0 Å². The zero-order valence-electron chi connectivity index (χ0n) is 15.5. The lowest BCUT2D eigenvalue weighted by Gasteiger charge is -2.13. The lowest BCUT2D eigenvalue weighted by Crippen LogP contribution is -2.17. The van der Waals surface area contributed by atoms with Gasteiger partial charge in [0.1, 0.15) is 0 Å². The molecule has 1 unspecified atom stereocenters. The molecule has 27 heavy (non-hydrogen) atoms. The minimum atomic E-state index is -0.542. The van der Waals surface area contributed by atoms with E-state index in [1.807, 2.05) is 18.4 Å². The van der Waals surface area contributed by atoms with Crippen LogP contribution in [-0.2, 0) is 6.54 Å². The van der Waals surface area contributed by atoms with Gasteiger partial charge in [0.05, 0.1) is 12.4 Å². The fourth-order valence-electron chi connectivity index (χ4n) is 2.64. The third-order valence-electron chi connectivity index (χ3n) is 4.08. The molecule has 2 heterocycles. The summed E-state index contributed by atoms with van der Waals surface area (Å²) in [4.78, 5) is 13.4. The van der Waals surface area contributed by atoms with Crippen LogP contribution in [0.1, 0.15) is 32.4 Å². The number of aliphatic hydroxyl groups excluding tert-OH is 1. The average molecular weight is 372 g/mol. The van der Waals surface area contributed by atoms with Crippen molar-refractivity contribution in [3.63, 3.8) is 0 Å². The number of aromatic hydroxyl groups is 2. The van der Waals surface area contributed by atoms with Crippen molar-refractivity contribution in [2.75, 3.05) is 17.2 Å². The molecule has 0 aliphatic rings. The van der Waals surface area contributed by atoms with Gasteiger partial charge in [-0.15, -0.1) is 0 Å². The molecule has 144 valence electrons. The zero-order chi connectivity index (χ0) is 19.6. The van der Waals surface area contributed by atoms with Crippen LogP contribution in [0.5, 0.6) is 11.5 Å². The van der Waals surface area contributed by atoms with Crippen molar-refractivity contribution in [3.05, 3.63) is 30.1 Å². The molecule has 9 nitrogen and oxygen atoms in total. The van der Waals surface area contributed by atoms with Gasteiger partial charge in [-0.05, 0) is 26.8 Å². The van der Waals surface area contributed by atoms with E-state index in [1.165, 1.54) is 6.07 Å². The molecule has 3 rings (SSSR count). The topological polar surface area (TPSA) is 128 Å². The minimum absolute atomic E-state index is 0.164. The number of hydrogen-bond donors (Lipinski definition) is 5. The Morgan fingerprint density at radius 3 is 2.59 bits per heavy atom. The monoisotopic (exact) mass is 372 g/mol. The highest BCUT2D eigenvalue weighted by atomic mass is 16.3. The molecular formula is C18H24N6O3. The van der Waals surface area contributed by atoms with Gasteiger partial charge >= 0.3 is 0 Å². The lowest BCUT2D eigenvalue weighted by molar-refractivity contribution is 0.208. The van der Waals surface area contributed by atoms with Gasteiger partial charge in [-0.1, -0.05) is 12.1 Å². The molecule has 1 aromatic carbocycles. The molecule has 3 aromatic rings. The number of anilines is 2. The van der Waals surface area contributed by atoms with Gasteiger partial charge in [0, 0.05) is 24.7 Å². The van der Waals surface area contributed by atoms with Crippen molar-refractivity contribution in [2.24, 2.45) is 0 Å². The second-order valence-corrected chi connectivity index (χ2v) is 6.68. The summed E-state index contributed by atoms with van der Waals surface area (Å²) in [7, 11) is 0. The van der Waals surface area contributed by atoms with Crippen LogP contribution in [0.25, 0.3) is 11.2 Å². The number of benzene rings is 1. The van der Waals surface area contributed by atoms with Crippen LogP contribution in [0.15, 0.2) is 24.5 Å². The summed E-state index contributed by atoms with van der Waals surface area (Å²) in [5, 5.41) is 35.3. The van der Waals surface area contributed by atoms with Crippen LogP contribution in [0.3, 0.4) is 0 Å². The summed E-state index contributed by atoms with van der Waals surface area (Å²) < 4.78 is 1.93. The van der Waals surface area contributed by atoms with E-state index < -0.39 is 6.10 Å². The van der Waals surface area contributed by atoms with E-state index in [0.717, 1.165) is 0 Å². The Morgan fingerprint density at radius 1 is 1.11 bits per heavy atom. The molecule has 1 atom stereocenters. The number of aliphatic hydroxyl groups is 1. The van der Waals surface area contributed by atoms with Crippen molar-refractivity contribution < 1.29 is 15.3 Å². The number of fused-ring (bicyclic) bond motifs is 1. The molecular weight excluding hydrogens is 348 g/mol. The number of nitrogens with one attached hydrogen (secondary N) is 2. The van der Waals surface area contributed by atoms with Crippen molar-refractivity contribution in [1.29, 1.82) is 0 Å². The molecule has 2 aromatic heterocycles. The van der Waals surface area contributed by atoms with E-state index in [1.54, 1.807) is 25.4 Å². The van der Waals surface area contributed by atoms with Gasteiger partial charge < -0.3 is 30.5 Å². The number of aromatic nitrogens is 4. The Hall–Kier alpha value is -3.07. The van der Waals surface area contributed by atoms with E-state index in [0.29, 0.717) is 35.0 Å². The maximum atomic E-state index is 9.98. The van der Waals surface area contributed by atoms with E-state index in [-0.39, 0.29) is 24.1 Å². The molecule has 0 spiro atoms. The minimum Gasteiger partial charge on any atom is -0.504 e. The fraction of sp³-hybridized carbons (Fsp3) is 0.389. The number of phenols is 2. The summed E-state index contributed by atoms with van der Waals surface area (Å²) in [6, 6.07) is 4.95. The summed E-state index contributed by atoms with van der Waals surface area (Å²) in [6.07, 6.45) is 1.17. The van der Waals surface area contributed by atoms with E-state index in [2.05, 4.69) is 25.6 Å². The van der Waals surface area contributed by atoms with Gasteiger partial charge in [-0.3, -0.25) is 0 Å². The Labute approximate surface area is 156 Å². The third-order valence-corrected chi connectivity index (χ3v) is 4.08. The van der Waals surface area contributed by atoms with Crippen LogP contribution in [-0.4, -0.2) is 47.5 Å². The second-order valence-electron chi connectivity index (χ2n) is 6.68. The first-order valence-electron chi connectivity index (χ1n) is 8.77. The van der Waals surface area contributed by atoms with Gasteiger partial charge in [0.15, 0.2) is 28.5 Å². The molecule has 5 N–H and O–H groups in total. The quantitative estimate of drug-likeness (QED) is 0.399. The number of rotatable bonds is 7. The van der Waals surface area contributed by atoms with Crippen molar-refractivity contribution >= 4 is 22.9 Å². The number of imidazole rings is 1. The zero-order valence-corrected chi connectivity index (χ0v) is 15.5. The molecule has 0 radical (unpaired) electrons. The van der Waals surface area contributed by atoms with Gasteiger partial charge in [-0.2, -0.15) is 9.97 Å². The highest BCUT2D eigenvalue weighted by Gasteiger charge is 2.16. The Balaban J connectivity index is 1.95. The van der Waals surface area contributed by atoms with Crippen LogP contribution in [0.4, 0.5) is 11.8 Å². The maximum Gasteiger partial charge on any atom is 0.226 e. The molecule has 0 bridgehead atoms. The van der Waals surface area contributed by atoms with Crippen molar-refractivity contribution in [3.8, 4) is 11.5 Å². The second kappa shape index (κ2) is 7.67. The highest BCUT2D eigenvalue weighted by molar-refractivity contribution is 5.84. The van der Waals surface area contributed by atoms with Gasteiger partial charge in [-0.25, -0.2) is 4.98 Å². The third kappa shape index (κ3) is 4.03. The first-order valence-corrected chi connectivity index (χ1v) is 8.77. The van der Waals surface area contributed by atoms with Crippen LogP contribution < -0.4 is 10.6 Å². The molecule has 0 saturated carbocycles. The Bertz CT molecular complexity index is 938. The number of phenolic OH excluding ortho intramolecular Hbond substituents is 2. The van der Waals surface area contributed by atoms with Crippen LogP contribution in [0.2, 0.25) is 0 Å². The van der Waals surface area contributed by atoms with Crippen molar-refractivity contribution in [2.45, 2.75) is 39.5 Å². The predicted octanol–water partition coefficient (Wildman–Crippen LogP) is 2.22. The summed E-state index contributed by atoms with van der Waals surface area (Å²) in [6.45, 7) is 6.30. The number of nitrogens with zero attached hydrogens (tertiary/aromatic N) is 4. The largest absolute Gasteiger partial charge is 0.504 e. The SMILES string of the molecule is CC(O)CNc1nc(NCc2cccc(O)c2O)c2ncn(C(C)C)c2n1. The Morgan fingerprint density at radius 2 is 1.89 bits per heavy atom. The molecule has 9 heteroatoms. The Kier molecular flexibility index (Phi) is 5.31. The molecule has 0 fully saturated rings. The molecule has 0 amide bonds. The predicted molar refractivity (Wildman–Crippen MR) is 103 cm³/mol. The van der Waals surface area contributed by atoms with E-state index in [9.17, 15) is 15.3 Å².